The molecule has 1 aliphatic carbocycles. The van der Waals surface area contributed by atoms with Gasteiger partial charge in [-0.15, -0.1) is 0 Å². The van der Waals surface area contributed by atoms with Crippen molar-refractivity contribution < 1.29 is 34.8 Å². The lowest BCUT2D eigenvalue weighted by Gasteiger charge is -2.24. The molecule has 10 nitrogen and oxygen atoms in total. The Morgan fingerprint density at radius 3 is 2.41 bits per heavy atom. The lowest BCUT2D eigenvalue weighted by Crippen LogP contribution is -2.32. The number of ether oxygens (including phenoxy) is 1. The Hall–Kier alpha value is -5.69. The number of carboxylic acid groups (broad SMARTS) is 1. The summed E-state index contributed by atoms with van der Waals surface area (Å²) in [5.74, 6) is 0.909. The zero-order valence-electron chi connectivity index (χ0n) is 37.9. The number of carboxylic acids is 1. The molecule has 0 spiro atoms. The SMILES string of the molecule is CC(C)(O)c1ccccc1CC[C@@H](SCC1(CC(=O)O)CC1)c1cccc(/C=C/c2ccc3ccc(Cl)cc3n2)c1.COc1ccc(C[C@@H](C)NC[C@H](O)c2ccc(O)c(NC=O)c2)cc1. The maximum atomic E-state index is 11.5. The number of aliphatic carboxylic acids is 1. The molecule has 5 aromatic carbocycles. The number of amides is 1. The van der Waals surface area contributed by atoms with Gasteiger partial charge in [0.15, 0.2) is 0 Å². The summed E-state index contributed by atoms with van der Waals surface area (Å²) in [7, 11) is 1.64. The first-order valence-electron chi connectivity index (χ1n) is 22.2. The Morgan fingerprint density at radius 2 is 1.70 bits per heavy atom. The number of nitrogens with zero attached hydrogens (tertiary/aromatic N) is 1. The largest absolute Gasteiger partial charge is 0.506 e. The number of methoxy groups -OCH3 is 1. The molecule has 1 aromatic heterocycles. The number of thioether (sulfide) groups is 1. The van der Waals surface area contributed by atoms with Crippen LogP contribution in [0.15, 0.2) is 121 Å². The Morgan fingerprint density at radius 1 is 0.939 bits per heavy atom. The maximum Gasteiger partial charge on any atom is 0.303 e. The highest BCUT2D eigenvalue weighted by Gasteiger charge is 2.44. The molecule has 66 heavy (non-hydrogen) atoms. The van der Waals surface area contributed by atoms with E-state index >= 15 is 0 Å². The van der Waals surface area contributed by atoms with Gasteiger partial charge in [0.25, 0.3) is 0 Å². The number of hydrogen-bond donors (Lipinski definition) is 6. The molecule has 12 heteroatoms. The minimum Gasteiger partial charge on any atom is -0.506 e. The van der Waals surface area contributed by atoms with E-state index in [9.17, 15) is 30.0 Å². The van der Waals surface area contributed by atoms with Crippen LogP contribution >= 0.6 is 23.4 Å². The van der Waals surface area contributed by atoms with Gasteiger partial charge in [-0.2, -0.15) is 11.8 Å². The predicted octanol–water partition coefficient (Wildman–Crippen LogP) is 11.2. The summed E-state index contributed by atoms with van der Waals surface area (Å²) in [5, 5.41) is 47.7. The van der Waals surface area contributed by atoms with E-state index < -0.39 is 17.7 Å². The van der Waals surface area contributed by atoms with E-state index in [-0.39, 0.29) is 34.6 Å². The number of hydrogen-bond acceptors (Lipinski definition) is 9. The summed E-state index contributed by atoms with van der Waals surface area (Å²) in [4.78, 5) is 26.8. The molecule has 0 aliphatic heterocycles. The zero-order chi connectivity index (χ0) is 47.3. The van der Waals surface area contributed by atoms with Crippen molar-refractivity contribution in [2.75, 3.05) is 24.7 Å². The van der Waals surface area contributed by atoms with Crippen LogP contribution in [0.1, 0.15) is 96.9 Å². The molecule has 0 unspecified atom stereocenters. The van der Waals surface area contributed by atoms with Gasteiger partial charge in [-0.1, -0.05) is 96.5 Å². The summed E-state index contributed by atoms with van der Waals surface area (Å²) in [6, 6.07) is 39.2. The van der Waals surface area contributed by atoms with E-state index in [1.807, 2.05) is 105 Å². The number of nitrogens with one attached hydrogen (secondary N) is 2. The fourth-order valence-corrected chi connectivity index (χ4v) is 9.65. The number of phenols is 1. The number of benzene rings is 5. The van der Waals surface area contributed by atoms with Crippen LogP contribution in [0.2, 0.25) is 5.02 Å². The Balaban J connectivity index is 0.000000247. The van der Waals surface area contributed by atoms with E-state index in [1.54, 1.807) is 19.2 Å². The molecule has 0 radical (unpaired) electrons. The fourth-order valence-electron chi connectivity index (χ4n) is 7.92. The third-order valence-electron chi connectivity index (χ3n) is 11.8. The van der Waals surface area contributed by atoms with Crippen LogP contribution in [0.25, 0.3) is 23.1 Å². The molecule has 1 heterocycles. The van der Waals surface area contributed by atoms with Crippen molar-refractivity contribution in [1.29, 1.82) is 0 Å². The number of halogens is 1. The molecular formula is C54H60ClN3O7S. The molecule has 346 valence electrons. The molecule has 1 amide bonds. The average Bonchev–Trinajstić information content (AvgIpc) is 4.06. The van der Waals surface area contributed by atoms with Gasteiger partial charge in [0.1, 0.15) is 11.5 Å². The van der Waals surface area contributed by atoms with Crippen LogP contribution in [0.4, 0.5) is 5.69 Å². The molecule has 3 atom stereocenters. The highest BCUT2D eigenvalue weighted by molar-refractivity contribution is 7.99. The summed E-state index contributed by atoms with van der Waals surface area (Å²) >= 11 is 8.04. The maximum absolute atomic E-state index is 11.5. The van der Waals surface area contributed by atoms with Crippen molar-refractivity contribution in [2.24, 2.45) is 5.41 Å². The van der Waals surface area contributed by atoms with Crippen molar-refractivity contribution in [3.8, 4) is 11.5 Å². The summed E-state index contributed by atoms with van der Waals surface area (Å²) in [6.07, 6.45) is 8.58. The van der Waals surface area contributed by atoms with Gasteiger partial charge in [0.05, 0.1) is 42.1 Å². The number of fused-ring (bicyclic) bond motifs is 1. The lowest BCUT2D eigenvalue weighted by atomic mass is 9.90. The van der Waals surface area contributed by atoms with Gasteiger partial charge in [0, 0.05) is 34.0 Å². The Labute approximate surface area is 397 Å². The number of phenolic OH excluding ortho intramolecular Hbond substituents is 1. The topological polar surface area (TPSA) is 161 Å². The molecule has 1 aliphatic rings. The third-order valence-corrected chi connectivity index (χ3v) is 13.7. The number of carbonyl (C=O) groups excluding carboxylic acids is 1. The molecule has 0 saturated heterocycles. The van der Waals surface area contributed by atoms with Crippen LogP contribution in [0.3, 0.4) is 0 Å². The molecule has 1 fully saturated rings. The number of aromatic hydroxyl groups is 1. The van der Waals surface area contributed by atoms with Crippen molar-refractivity contribution in [1.82, 2.24) is 10.3 Å². The zero-order valence-corrected chi connectivity index (χ0v) is 39.5. The van der Waals surface area contributed by atoms with E-state index in [0.717, 1.165) is 76.9 Å². The molecule has 7 rings (SSSR count). The normalized spacial score (nSPS) is 14.5. The average molecular weight is 931 g/mol. The first-order valence-corrected chi connectivity index (χ1v) is 23.6. The summed E-state index contributed by atoms with van der Waals surface area (Å²) < 4.78 is 5.14. The molecule has 1 saturated carbocycles. The highest BCUT2D eigenvalue weighted by atomic mass is 35.5. The van der Waals surface area contributed by atoms with Gasteiger partial charge in [-0.25, -0.2) is 4.98 Å². The van der Waals surface area contributed by atoms with Crippen molar-refractivity contribution in [3.63, 3.8) is 0 Å². The van der Waals surface area contributed by atoms with Gasteiger partial charge in [-0.05, 0) is 140 Å². The number of anilines is 1. The standard InChI is InChI=1S/C35H36ClNO3S.C19H24N2O4/c1-34(2,40)30-9-4-3-7-25(30)13-17-32(41-23-35(18-19-35)22-33(38)39)27-8-5-6-24(20-27)10-15-29-16-12-26-11-14-28(36)21-31(26)37-29;1-13(9-14-3-6-16(25-2)7-4-14)20-11-19(24)15-5-8-18(23)17(10-15)21-12-22/h3-12,14-16,20-21,32,40H,13,17-19,22-23H2,1-2H3,(H,38,39);3-8,10,12-13,19-20,23-24H,9,11H2,1-2H3,(H,21,22)/b15-10+;/t32-;13-,19+/m11/s1. The van der Waals surface area contributed by atoms with Crippen LogP contribution in [0.5, 0.6) is 11.5 Å². The Kier molecular flexibility index (Phi) is 17.5. The second-order valence-electron chi connectivity index (χ2n) is 17.6. The van der Waals surface area contributed by atoms with Gasteiger partial charge >= 0.3 is 5.97 Å². The van der Waals surface area contributed by atoms with Crippen molar-refractivity contribution in [2.45, 2.75) is 82.3 Å². The number of pyridine rings is 1. The van der Waals surface area contributed by atoms with Crippen molar-refractivity contribution in [3.05, 3.63) is 165 Å². The van der Waals surface area contributed by atoms with Crippen LogP contribution in [-0.4, -0.2) is 63.2 Å². The fraction of sp³-hybridized carbons (Fsp3) is 0.315. The number of aryl methyl sites for hydroxylation is 1. The predicted molar refractivity (Wildman–Crippen MR) is 268 cm³/mol. The molecule has 6 aromatic rings. The van der Waals surface area contributed by atoms with Gasteiger partial charge < -0.3 is 35.8 Å². The second-order valence-corrected chi connectivity index (χ2v) is 19.2. The Bertz CT molecular complexity index is 2590. The summed E-state index contributed by atoms with van der Waals surface area (Å²) in [5.41, 5.74) is 7.22. The first kappa shape index (κ1) is 49.7. The highest BCUT2D eigenvalue weighted by Crippen LogP contribution is 2.53. The number of carbonyl (C=O) groups is 2. The number of aliphatic hydroxyl groups is 2. The van der Waals surface area contributed by atoms with Crippen LogP contribution in [0, 0.1) is 5.41 Å². The van der Waals surface area contributed by atoms with E-state index in [4.69, 9.17) is 21.3 Å². The molecular weight excluding hydrogens is 870 g/mol. The van der Waals surface area contributed by atoms with Gasteiger partial charge in [-0.3, -0.25) is 9.59 Å². The quantitative estimate of drug-likeness (QED) is 0.0303. The monoisotopic (exact) mass is 929 g/mol. The lowest BCUT2D eigenvalue weighted by molar-refractivity contribution is -0.138. The van der Waals surface area contributed by atoms with Crippen molar-refractivity contribution >= 4 is 64.5 Å². The van der Waals surface area contributed by atoms with E-state index in [1.165, 1.54) is 17.2 Å². The van der Waals surface area contributed by atoms with E-state index in [2.05, 4.69) is 53.1 Å². The number of aromatic nitrogens is 1. The first-order chi connectivity index (χ1) is 31.6. The number of rotatable bonds is 21. The summed E-state index contributed by atoms with van der Waals surface area (Å²) in [6.45, 7) is 6.07. The van der Waals surface area contributed by atoms with E-state index in [0.29, 0.717) is 23.5 Å². The molecule has 0 bridgehead atoms. The van der Waals surface area contributed by atoms with Crippen LogP contribution in [-0.2, 0) is 28.0 Å². The van der Waals surface area contributed by atoms with Gasteiger partial charge in [0.2, 0.25) is 6.41 Å². The smallest absolute Gasteiger partial charge is 0.303 e. The minimum atomic E-state index is -0.911. The molecule has 6 N–H and O–H groups in total. The second kappa shape index (κ2) is 23.2. The third kappa shape index (κ3) is 14.7. The minimum absolute atomic E-state index is 0.0381. The number of aliphatic hydroxyl groups excluding tert-OH is 1. The van der Waals surface area contributed by atoms with Crippen LogP contribution < -0.4 is 15.4 Å².